The van der Waals surface area contributed by atoms with Gasteiger partial charge in [-0.2, -0.15) is 5.10 Å². The van der Waals surface area contributed by atoms with Gasteiger partial charge >= 0.3 is 6.03 Å². The second-order valence-electron chi connectivity index (χ2n) is 6.95. The van der Waals surface area contributed by atoms with E-state index in [1.54, 1.807) is 47.2 Å². The number of anilines is 2. The van der Waals surface area contributed by atoms with Gasteiger partial charge in [-0.1, -0.05) is 23.7 Å². The molecule has 8 heteroatoms. The summed E-state index contributed by atoms with van der Waals surface area (Å²) in [6.07, 6.45) is 3.86. The molecule has 0 fully saturated rings. The van der Waals surface area contributed by atoms with E-state index >= 15 is 0 Å². The molecule has 0 bridgehead atoms. The van der Waals surface area contributed by atoms with E-state index in [9.17, 15) is 9.59 Å². The number of rotatable bonds is 4. The third-order valence-corrected chi connectivity index (χ3v) is 5.29. The summed E-state index contributed by atoms with van der Waals surface area (Å²) in [5, 5.41) is 10.3. The van der Waals surface area contributed by atoms with Gasteiger partial charge in [-0.05, 0) is 48.4 Å². The SMILES string of the molecule is CC(NC(=O)Nc1ccc(-n2cccn2)c(Cl)c1)c1ccc2c(c1)CC(=O)N2C. The minimum Gasteiger partial charge on any atom is -0.331 e. The highest BCUT2D eigenvalue weighted by Crippen LogP contribution is 2.30. The van der Waals surface area contributed by atoms with Gasteiger partial charge in [0.25, 0.3) is 0 Å². The van der Waals surface area contributed by atoms with Crippen LogP contribution in [-0.2, 0) is 11.2 Å². The Hall–Kier alpha value is -3.32. The third-order valence-electron chi connectivity index (χ3n) is 4.99. The molecule has 0 saturated heterocycles. The molecular formula is C21H20ClN5O2. The molecule has 1 atom stereocenters. The number of nitrogens with zero attached hydrogens (tertiary/aromatic N) is 3. The molecule has 2 N–H and O–H groups in total. The Morgan fingerprint density at radius 2 is 2.00 bits per heavy atom. The van der Waals surface area contributed by atoms with Crippen LogP contribution < -0.4 is 15.5 Å². The molecule has 2 aromatic carbocycles. The first-order valence-electron chi connectivity index (χ1n) is 9.19. The lowest BCUT2D eigenvalue weighted by atomic mass is 10.0. The maximum absolute atomic E-state index is 12.4. The van der Waals surface area contributed by atoms with Crippen molar-refractivity contribution in [2.24, 2.45) is 0 Å². The van der Waals surface area contributed by atoms with Gasteiger partial charge < -0.3 is 15.5 Å². The number of nitrogens with one attached hydrogen (secondary N) is 2. The maximum Gasteiger partial charge on any atom is 0.319 e. The van der Waals surface area contributed by atoms with Crippen LogP contribution in [0.3, 0.4) is 0 Å². The summed E-state index contributed by atoms with van der Waals surface area (Å²) in [6.45, 7) is 1.90. The highest BCUT2D eigenvalue weighted by atomic mass is 35.5. The quantitative estimate of drug-likeness (QED) is 0.685. The summed E-state index contributed by atoms with van der Waals surface area (Å²) in [4.78, 5) is 25.9. The summed E-state index contributed by atoms with van der Waals surface area (Å²) in [7, 11) is 1.77. The first-order chi connectivity index (χ1) is 13.9. The van der Waals surface area contributed by atoms with E-state index in [4.69, 9.17) is 11.6 Å². The molecule has 3 aromatic rings. The van der Waals surface area contributed by atoms with Crippen LogP contribution in [0.2, 0.25) is 5.02 Å². The van der Waals surface area contributed by atoms with Crippen molar-refractivity contribution in [1.29, 1.82) is 0 Å². The Balaban J connectivity index is 1.42. The van der Waals surface area contributed by atoms with E-state index in [0.29, 0.717) is 17.1 Å². The zero-order valence-electron chi connectivity index (χ0n) is 16.0. The Bertz CT molecular complexity index is 1080. The van der Waals surface area contributed by atoms with Crippen LogP contribution in [0.4, 0.5) is 16.2 Å². The smallest absolute Gasteiger partial charge is 0.319 e. The van der Waals surface area contributed by atoms with Crippen LogP contribution in [-0.4, -0.2) is 28.8 Å². The molecule has 2 heterocycles. The maximum atomic E-state index is 12.4. The first-order valence-corrected chi connectivity index (χ1v) is 9.56. The van der Waals surface area contributed by atoms with Crippen molar-refractivity contribution in [3.05, 3.63) is 71.0 Å². The fourth-order valence-electron chi connectivity index (χ4n) is 3.39. The summed E-state index contributed by atoms with van der Waals surface area (Å²) < 4.78 is 1.66. The number of carbonyl (C=O) groups excluding carboxylic acids is 2. The van der Waals surface area contributed by atoms with E-state index in [1.165, 1.54) is 0 Å². The second kappa shape index (κ2) is 7.60. The van der Waals surface area contributed by atoms with Crippen LogP contribution in [0.25, 0.3) is 5.69 Å². The molecule has 29 heavy (non-hydrogen) atoms. The van der Waals surface area contributed by atoms with Gasteiger partial charge in [0, 0.05) is 30.8 Å². The fraction of sp³-hybridized carbons (Fsp3) is 0.190. The number of amides is 3. The molecular weight excluding hydrogens is 390 g/mol. The number of hydrogen-bond acceptors (Lipinski definition) is 3. The van der Waals surface area contributed by atoms with Gasteiger partial charge in [-0.25, -0.2) is 9.48 Å². The lowest BCUT2D eigenvalue weighted by Gasteiger charge is -2.17. The molecule has 4 rings (SSSR count). The standard InChI is InChI=1S/C21H20ClN5O2/c1-13(14-4-6-18-15(10-14)11-20(28)26(18)2)24-21(29)25-16-5-7-19(17(22)12-16)27-9-3-8-23-27/h3-10,12-13H,11H2,1-2H3,(H2,24,25,29). The van der Waals surface area contributed by atoms with Crippen molar-refractivity contribution in [2.45, 2.75) is 19.4 Å². The molecule has 0 aliphatic carbocycles. The normalized spacial score (nSPS) is 13.9. The summed E-state index contributed by atoms with van der Waals surface area (Å²) in [5.41, 5.74) is 4.15. The first kappa shape index (κ1) is 19.0. The van der Waals surface area contributed by atoms with Gasteiger partial charge in [0.15, 0.2) is 0 Å². The van der Waals surface area contributed by atoms with Gasteiger partial charge in [-0.15, -0.1) is 0 Å². The minimum absolute atomic E-state index is 0.0749. The molecule has 0 spiro atoms. The van der Waals surface area contributed by atoms with Gasteiger partial charge in [0.1, 0.15) is 0 Å². The van der Waals surface area contributed by atoms with Crippen molar-refractivity contribution < 1.29 is 9.59 Å². The molecule has 7 nitrogen and oxygen atoms in total. The number of fused-ring (bicyclic) bond motifs is 1. The lowest BCUT2D eigenvalue weighted by Crippen LogP contribution is -2.31. The van der Waals surface area contributed by atoms with Crippen LogP contribution >= 0.6 is 11.6 Å². The summed E-state index contributed by atoms with van der Waals surface area (Å²) in [6, 6.07) is 12.3. The molecule has 1 aliphatic heterocycles. The number of likely N-dealkylation sites (N-methyl/N-ethyl adjacent to an activating group) is 1. The van der Waals surface area contributed by atoms with Crippen LogP contribution in [0.1, 0.15) is 24.1 Å². The predicted octanol–water partition coefficient (Wildman–Crippen LogP) is 3.93. The zero-order chi connectivity index (χ0) is 20.5. The molecule has 148 valence electrons. The van der Waals surface area contributed by atoms with Crippen LogP contribution in [0, 0.1) is 0 Å². The average molecular weight is 410 g/mol. The summed E-state index contributed by atoms with van der Waals surface area (Å²) in [5.74, 6) is 0.0749. The van der Waals surface area contributed by atoms with E-state index < -0.39 is 0 Å². The Labute approximate surface area is 173 Å². The Kier molecular flexibility index (Phi) is 4.98. The van der Waals surface area contributed by atoms with Gasteiger partial charge in [-0.3, -0.25) is 4.79 Å². The summed E-state index contributed by atoms with van der Waals surface area (Å²) >= 11 is 6.32. The van der Waals surface area contributed by atoms with E-state index in [2.05, 4.69) is 15.7 Å². The van der Waals surface area contributed by atoms with Crippen molar-refractivity contribution in [3.8, 4) is 5.69 Å². The predicted molar refractivity (Wildman–Crippen MR) is 113 cm³/mol. The third kappa shape index (κ3) is 3.82. The van der Waals surface area contributed by atoms with Crippen LogP contribution in [0.5, 0.6) is 0 Å². The molecule has 0 saturated carbocycles. The van der Waals surface area contributed by atoms with Crippen LogP contribution in [0.15, 0.2) is 54.9 Å². The molecule has 1 unspecified atom stereocenters. The van der Waals surface area contributed by atoms with E-state index in [1.807, 2.05) is 31.2 Å². The van der Waals surface area contributed by atoms with Crippen molar-refractivity contribution in [3.63, 3.8) is 0 Å². The molecule has 1 aromatic heterocycles. The number of urea groups is 1. The van der Waals surface area contributed by atoms with E-state index in [0.717, 1.165) is 22.5 Å². The highest BCUT2D eigenvalue weighted by Gasteiger charge is 2.24. The van der Waals surface area contributed by atoms with Gasteiger partial charge in [0.05, 0.1) is 23.2 Å². The number of hydrogen-bond donors (Lipinski definition) is 2. The fourth-order valence-corrected chi connectivity index (χ4v) is 3.66. The number of halogens is 1. The second-order valence-corrected chi connectivity index (χ2v) is 7.36. The van der Waals surface area contributed by atoms with Gasteiger partial charge in [0.2, 0.25) is 5.91 Å². The Morgan fingerprint density at radius 3 is 2.72 bits per heavy atom. The topological polar surface area (TPSA) is 79.3 Å². The van der Waals surface area contributed by atoms with Crippen molar-refractivity contribution in [2.75, 3.05) is 17.3 Å². The number of carbonyl (C=O) groups is 2. The minimum atomic E-state index is -0.339. The Morgan fingerprint density at radius 1 is 1.21 bits per heavy atom. The highest BCUT2D eigenvalue weighted by molar-refractivity contribution is 6.32. The molecule has 3 amide bonds. The zero-order valence-corrected chi connectivity index (χ0v) is 16.8. The molecule has 1 aliphatic rings. The average Bonchev–Trinajstić information content (AvgIpc) is 3.30. The lowest BCUT2D eigenvalue weighted by molar-refractivity contribution is -0.117. The monoisotopic (exact) mass is 409 g/mol. The number of aromatic nitrogens is 2. The van der Waals surface area contributed by atoms with E-state index in [-0.39, 0.29) is 18.0 Å². The largest absolute Gasteiger partial charge is 0.331 e. The number of benzene rings is 2. The van der Waals surface area contributed by atoms with Crippen molar-refractivity contribution in [1.82, 2.24) is 15.1 Å². The molecule has 0 radical (unpaired) electrons. The van der Waals surface area contributed by atoms with Crippen molar-refractivity contribution >= 4 is 34.9 Å².